The van der Waals surface area contributed by atoms with Crippen molar-refractivity contribution in [3.05, 3.63) is 0 Å². The summed E-state index contributed by atoms with van der Waals surface area (Å²) in [5.74, 6) is 0. The fraction of sp³-hybridized carbons (Fsp3) is 0. The van der Waals surface area contributed by atoms with Gasteiger partial charge in [0.25, 0.3) is 0 Å². The molecule has 0 fully saturated rings. The summed E-state index contributed by atoms with van der Waals surface area (Å²) in [6.07, 6.45) is 0. The average molecular weight is 610 g/mol. The fourth-order valence-corrected chi connectivity index (χ4v) is 0. The van der Waals surface area contributed by atoms with Crippen molar-refractivity contribution in [1.29, 1.82) is 0 Å². The summed E-state index contributed by atoms with van der Waals surface area (Å²) in [4.78, 5) is 0. The Morgan fingerprint density at radius 2 is 0.167 bits per heavy atom. The molecule has 0 radical (unpaired) electrons. The summed E-state index contributed by atoms with van der Waals surface area (Å²) in [5.41, 5.74) is 0. The van der Waals surface area contributed by atoms with Gasteiger partial charge >= 0.3 is 52.4 Å². The van der Waals surface area contributed by atoms with Crippen LogP contribution in [0.15, 0.2) is 0 Å². The maximum atomic E-state index is 0. The Bertz CT molecular complexity index is 25.1. The predicted octanol–water partition coefficient (Wildman–Crippen LogP) is -30.6. The van der Waals surface area contributed by atoms with Gasteiger partial charge in [-0.15, -0.1) is 0 Å². The van der Waals surface area contributed by atoms with E-state index in [-0.39, 0.29) is 195 Å². The zero-order chi connectivity index (χ0) is 0. The monoisotopic (exact) mass is 604 g/mol. The van der Waals surface area contributed by atoms with Gasteiger partial charge in [-0.25, -0.2) is 0 Å². The van der Waals surface area contributed by atoms with E-state index in [9.17, 15) is 0 Å². The van der Waals surface area contributed by atoms with E-state index in [1.165, 1.54) is 0 Å². The molecule has 0 spiro atoms. The van der Waals surface area contributed by atoms with Crippen LogP contribution in [0.3, 0.4) is 0 Å². The van der Waals surface area contributed by atoms with Gasteiger partial charge < -0.3 is 143 Å². The van der Waals surface area contributed by atoms with Crippen molar-refractivity contribution in [2.75, 3.05) is 0 Å². The van der Waals surface area contributed by atoms with Crippen LogP contribution in [0.5, 0.6) is 0 Å². The first-order valence-electron chi connectivity index (χ1n) is 0. The third kappa shape index (κ3) is 491. The van der Waals surface area contributed by atoms with Gasteiger partial charge in [0.05, 0.1) is 0 Å². The van der Waals surface area contributed by atoms with E-state index in [0.29, 0.717) is 0 Å². The van der Waals surface area contributed by atoms with Crippen molar-refractivity contribution < 1.29 is 195 Å². The first kappa shape index (κ1) is 662. The Hall–Kier alpha value is 3.77. The van der Waals surface area contributed by atoms with Crippen LogP contribution in [0.2, 0.25) is 0 Å². The molecule has 0 heterocycles. The first-order valence-corrected chi connectivity index (χ1v) is 0. The molecule has 128 valence electrons. The Morgan fingerprint density at radius 3 is 0.167 bits per heavy atom. The van der Waals surface area contributed by atoms with Gasteiger partial charge in [0.2, 0.25) is 0 Å². The maximum Gasteiger partial charge on any atom is 4.00 e. The minimum atomic E-state index is 0. The molecule has 0 aromatic rings. The van der Waals surface area contributed by atoms with E-state index in [0.717, 1.165) is 0 Å². The molecule has 0 aliphatic rings. The van der Waals surface area contributed by atoms with Crippen LogP contribution in [0, 0.1) is 0 Å². The first-order chi connectivity index (χ1) is 0. The van der Waals surface area contributed by atoms with E-state index in [1.807, 2.05) is 0 Å². The van der Waals surface area contributed by atoms with Crippen molar-refractivity contribution in [3.8, 4) is 0 Å². The zero-order valence-corrected chi connectivity index (χ0v) is 19.0. The van der Waals surface area contributed by atoms with Gasteiger partial charge in [0.15, 0.2) is 0 Å². The number of hydrogen-bond donors (Lipinski definition) is 0. The van der Waals surface area contributed by atoms with Crippen LogP contribution in [0.1, 0.15) is 0 Å². The molecular formula is H16Cl8O8Zr2. The molecule has 0 saturated carbocycles. The topological polar surface area (TPSA) is 252 Å². The van der Waals surface area contributed by atoms with Crippen LogP contribution in [-0.2, 0) is 52.4 Å². The van der Waals surface area contributed by atoms with Crippen molar-refractivity contribution in [2.24, 2.45) is 0 Å². The molecule has 0 bridgehead atoms. The average Bonchev–Trinajstić information content (AvgIpc) is 0. The molecule has 8 nitrogen and oxygen atoms in total. The van der Waals surface area contributed by atoms with Gasteiger partial charge in [-0.2, -0.15) is 0 Å². The van der Waals surface area contributed by atoms with E-state index in [4.69, 9.17) is 0 Å². The molecule has 0 atom stereocenters. The van der Waals surface area contributed by atoms with Crippen molar-refractivity contribution in [2.45, 2.75) is 0 Å². The van der Waals surface area contributed by atoms with Crippen LogP contribution < -0.4 is 99.3 Å². The normalized spacial score (nSPS) is 0. The summed E-state index contributed by atoms with van der Waals surface area (Å²) in [5, 5.41) is 0. The number of hydrogen-bond acceptors (Lipinski definition) is 0. The molecule has 0 aromatic carbocycles. The van der Waals surface area contributed by atoms with E-state index >= 15 is 0 Å². The maximum absolute atomic E-state index is 0. The van der Waals surface area contributed by atoms with E-state index < -0.39 is 0 Å². The van der Waals surface area contributed by atoms with Gasteiger partial charge in [0, 0.05) is 0 Å². The summed E-state index contributed by atoms with van der Waals surface area (Å²) < 4.78 is 0. The Morgan fingerprint density at radius 1 is 0.167 bits per heavy atom. The largest absolute Gasteiger partial charge is 4.00 e. The van der Waals surface area contributed by atoms with Crippen molar-refractivity contribution in [3.63, 3.8) is 0 Å². The summed E-state index contributed by atoms with van der Waals surface area (Å²) in [6, 6.07) is 0. The molecule has 0 saturated heterocycles. The second-order valence-corrected chi connectivity index (χ2v) is 0. The minimum Gasteiger partial charge on any atom is -1.00 e. The minimum absolute atomic E-state index is 0. The Kier molecular flexibility index (Phi) is 21000. The predicted molar refractivity (Wildman–Crippen MR) is 28.9 cm³/mol. The molecule has 0 aliphatic carbocycles. The summed E-state index contributed by atoms with van der Waals surface area (Å²) in [6.45, 7) is 0. The molecule has 0 amide bonds. The van der Waals surface area contributed by atoms with E-state index in [2.05, 4.69) is 0 Å². The van der Waals surface area contributed by atoms with Crippen LogP contribution in [-0.4, -0.2) is 43.8 Å². The Balaban J connectivity index is 0. The van der Waals surface area contributed by atoms with Crippen LogP contribution in [0.25, 0.3) is 0 Å². The quantitative estimate of drug-likeness (QED) is 0.248. The molecule has 0 rings (SSSR count). The summed E-state index contributed by atoms with van der Waals surface area (Å²) in [7, 11) is 0. The Labute approximate surface area is 193 Å². The molecule has 16 N–H and O–H groups in total. The zero-order valence-electron chi connectivity index (χ0n) is 8.02. The van der Waals surface area contributed by atoms with Crippen LogP contribution >= 0.6 is 0 Å². The van der Waals surface area contributed by atoms with Gasteiger partial charge in [0.1, 0.15) is 0 Å². The van der Waals surface area contributed by atoms with Gasteiger partial charge in [-0.1, -0.05) is 0 Å². The smallest absolute Gasteiger partial charge is 1.00 e. The van der Waals surface area contributed by atoms with Crippen LogP contribution in [0.4, 0.5) is 0 Å². The van der Waals surface area contributed by atoms with Gasteiger partial charge in [-0.05, 0) is 0 Å². The van der Waals surface area contributed by atoms with Crippen molar-refractivity contribution in [1.82, 2.24) is 0 Å². The molecule has 18 heteroatoms. The molecule has 0 unspecified atom stereocenters. The SMILES string of the molecule is O.O.O.O.O.O.O.O.[Cl-].[Cl-].[Cl-].[Cl-].[Cl-].[Cl-].[Cl-].[Cl-].[Zr+4].[Zr+4]. The fourth-order valence-electron chi connectivity index (χ4n) is 0. The number of halogens is 8. The molecule has 0 aromatic heterocycles. The molecular weight excluding hydrogens is 594 g/mol. The second kappa shape index (κ2) is 572. The second-order valence-electron chi connectivity index (χ2n) is 0. The van der Waals surface area contributed by atoms with Crippen molar-refractivity contribution >= 4 is 0 Å². The third-order valence-corrected chi connectivity index (χ3v) is 0. The standard InChI is InChI=1S/8ClH.8H2O.2Zr/h8*1H;8*1H2;;/q;;;;;;;;;;;;;;;;2*+4/p-8. The third-order valence-electron chi connectivity index (χ3n) is 0. The van der Waals surface area contributed by atoms with Gasteiger partial charge in [-0.3, -0.25) is 0 Å². The molecule has 18 heavy (non-hydrogen) atoms. The summed E-state index contributed by atoms with van der Waals surface area (Å²) >= 11 is 0. The van der Waals surface area contributed by atoms with E-state index in [1.54, 1.807) is 0 Å². The molecule has 0 aliphatic heterocycles. The number of rotatable bonds is 0.